The summed E-state index contributed by atoms with van der Waals surface area (Å²) in [7, 11) is 2.18. The first-order valence-electron chi connectivity index (χ1n) is 5.80. The Morgan fingerprint density at radius 3 is 2.67 bits per heavy atom. The number of benzene rings is 1. The van der Waals surface area contributed by atoms with E-state index in [0.29, 0.717) is 6.04 Å². The van der Waals surface area contributed by atoms with Crippen LogP contribution in [0.5, 0.6) is 0 Å². The highest BCUT2D eigenvalue weighted by Crippen LogP contribution is 2.27. The summed E-state index contributed by atoms with van der Waals surface area (Å²) in [5, 5.41) is 0. The van der Waals surface area contributed by atoms with Crippen LogP contribution in [-0.4, -0.2) is 24.5 Å². The van der Waals surface area contributed by atoms with Crippen molar-refractivity contribution in [2.24, 2.45) is 5.73 Å². The molecular weight excluding hydrogens is 184 g/mol. The van der Waals surface area contributed by atoms with Crippen molar-refractivity contribution in [2.75, 3.05) is 13.6 Å². The van der Waals surface area contributed by atoms with Gasteiger partial charge in [0.25, 0.3) is 0 Å². The van der Waals surface area contributed by atoms with E-state index >= 15 is 0 Å². The van der Waals surface area contributed by atoms with Crippen LogP contribution < -0.4 is 5.73 Å². The molecule has 1 aliphatic heterocycles. The molecule has 1 aliphatic rings. The average molecular weight is 204 g/mol. The minimum Gasteiger partial charge on any atom is -0.326 e. The van der Waals surface area contributed by atoms with Crippen LogP contribution in [0.1, 0.15) is 30.9 Å². The van der Waals surface area contributed by atoms with Gasteiger partial charge < -0.3 is 5.73 Å². The first kappa shape index (κ1) is 10.7. The Balaban J connectivity index is 2.23. The highest BCUT2D eigenvalue weighted by molar-refractivity contribution is 5.20. The molecule has 0 bridgehead atoms. The average Bonchev–Trinajstić information content (AvgIpc) is 2.41. The third-order valence-electron chi connectivity index (χ3n) is 3.32. The van der Waals surface area contributed by atoms with Gasteiger partial charge in [0.05, 0.1) is 0 Å². The van der Waals surface area contributed by atoms with Gasteiger partial charge in [-0.15, -0.1) is 0 Å². The molecule has 1 saturated heterocycles. The molecule has 1 aromatic carbocycles. The predicted octanol–water partition coefficient (Wildman–Crippen LogP) is 2.17. The predicted molar refractivity (Wildman–Crippen MR) is 63.6 cm³/mol. The fourth-order valence-electron chi connectivity index (χ4n) is 2.52. The molecule has 0 amide bonds. The fraction of sp³-hybridized carbons (Fsp3) is 0.538. The van der Waals surface area contributed by atoms with E-state index < -0.39 is 0 Å². The number of rotatable bonds is 1. The molecule has 2 atom stereocenters. The fourth-order valence-corrected chi connectivity index (χ4v) is 2.52. The van der Waals surface area contributed by atoms with Gasteiger partial charge in [0.15, 0.2) is 0 Å². The molecule has 2 unspecified atom stereocenters. The second kappa shape index (κ2) is 4.77. The number of likely N-dealkylation sites (tertiary alicyclic amines) is 1. The highest BCUT2D eigenvalue weighted by Gasteiger charge is 2.25. The zero-order chi connectivity index (χ0) is 10.7. The Morgan fingerprint density at radius 2 is 1.93 bits per heavy atom. The monoisotopic (exact) mass is 204 g/mol. The molecule has 2 heteroatoms. The van der Waals surface area contributed by atoms with Gasteiger partial charge in [0, 0.05) is 12.1 Å². The second-order valence-electron chi connectivity index (χ2n) is 4.50. The third kappa shape index (κ3) is 2.39. The molecule has 82 valence electrons. The molecule has 15 heavy (non-hydrogen) atoms. The molecule has 0 aliphatic carbocycles. The second-order valence-corrected chi connectivity index (χ2v) is 4.50. The normalized spacial score (nSPS) is 28.7. The molecule has 1 heterocycles. The van der Waals surface area contributed by atoms with Crippen molar-refractivity contribution in [3.63, 3.8) is 0 Å². The lowest BCUT2D eigenvalue weighted by Crippen LogP contribution is -2.37. The zero-order valence-electron chi connectivity index (χ0n) is 9.39. The van der Waals surface area contributed by atoms with Crippen LogP contribution in [0.15, 0.2) is 30.3 Å². The topological polar surface area (TPSA) is 29.3 Å². The van der Waals surface area contributed by atoms with E-state index in [-0.39, 0.29) is 6.04 Å². The number of nitrogens with two attached hydrogens (primary N) is 1. The van der Waals surface area contributed by atoms with E-state index in [1.54, 1.807) is 0 Å². The molecule has 1 aromatic rings. The third-order valence-corrected chi connectivity index (χ3v) is 3.32. The van der Waals surface area contributed by atoms with Crippen molar-refractivity contribution in [1.29, 1.82) is 0 Å². The lowest BCUT2D eigenvalue weighted by Gasteiger charge is -2.30. The Bertz CT molecular complexity index is 285. The van der Waals surface area contributed by atoms with Crippen LogP contribution >= 0.6 is 0 Å². The summed E-state index contributed by atoms with van der Waals surface area (Å²) in [5.41, 5.74) is 7.62. The number of nitrogens with zero attached hydrogens (tertiary/aromatic N) is 1. The van der Waals surface area contributed by atoms with Gasteiger partial charge in [-0.1, -0.05) is 36.8 Å². The van der Waals surface area contributed by atoms with Crippen molar-refractivity contribution < 1.29 is 0 Å². The lowest BCUT2D eigenvalue weighted by atomic mass is 9.97. The van der Waals surface area contributed by atoms with Crippen LogP contribution in [0.2, 0.25) is 0 Å². The lowest BCUT2D eigenvalue weighted by molar-refractivity contribution is 0.230. The maximum atomic E-state index is 6.26. The number of likely N-dealkylation sites (N-methyl/N-ethyl adjacent to an activating group) is 1. The van der Waals surface area contributed by atoms with Gasteiger partial charge in [0.2, 0.25) is 0 Å². The molecule has 0 aromatic heterocycles. The Kier molecular flexibility index (Phi) is 3.39. The summed E-state index contributed by atoms with van der Waals surface area (Å²) in [6.45, 7) is 1.16. The highest BCUT2D eigenvalue weighted by atomic mass is 15.1. The van der Waals surface area contributed by atoms with E-state index in [9.17, 15) is 0 Å². The molecule has 0 spiro atoms. The molecule has 2 rings (SSSR count). The summed E-state index contributed by atoms with van der Waals surface area (Å²) in [6.07, 6.45) is 3.67. The molecule has 1 fully saturated rings. The van der Waals surface area contributed by atoms with Gasteiger partial charge in [-0.25, -0.2) is 0 Å². The summed E-state index contributed by atoms with van der Waals surface area (Å²) in [5.74, 6) is 0. The van der Waals surface area contributed by atoms with Crippen LogP contribution in [0.4, 0.5) is 0 Å². The van der Waals surface area contributed by atoms with Crippen molar-refractivity contribution in [3.05, 3.63) is 35.9 Å². The van der Waals surface area contributed by atoms with Gasteiger partial charge in [0.1, 0.15) is 0 Å². The van der Waals surface area contributed by atoms with E-state index in [1.165, 1.54) is 18.4 Å². The van der Waals surface area contributed by atoms with Gasteiger partial charge in [-0.05, 0) is 32.0 Å². The first-order chi connectivity index (χ1) is 7.29. The quantitative estimate of drug-likeness (QED) is 0.759. The first-order valence-corrected chi connectivity index (χ1v) is 5.80. The summed E-state index contributed by atoms with van der Waals surface area (Å²) >= 11 is 0. The molecule has 0 saturated carbocycles. The Hall–Kier alpha value is -0.860. The zero-order valence-corrected chi connectivity index (χ0v) is 9.39. The van der Waals surface area contributed by atoms with E-state index in [4.69, 9.17) is 5.73 Å². The van der Waals surface area contributed by atoms with Crippen LogP contribution in [0, 0.1) is 0 Å². The van der Waals surface area contributed by atoms with E-state index in [0.717, 1.165) is 13.0 Å². The minimum atomic E-state index is 0.278. The molecule has 2 nitrogen and oxygen atoms in total. The number of hydrogen-bond donors (Lipinski definition) is 1. The maximum Gasteiger partial charge on any atom is 0.0496 e. The Labute approximate surface area is 92.1 Å². The van der Waals surface area contributed by atoms with Crippen LogP contribution in [0.3, 0.4) is 0 Å². The van der Waals surface area contributed by atoms with Crippen molar-refractivity contribution in [3.8, 4) is 0 Å². The van der Waals surface area contributed by atoms with Crippen molar-refractivity contribution in [1.82, 2.24) is 4.90 Å². The minimum absolute atomic E-state index is 0.278. The SMILES string of the molecule is CN1CCCCC(N)C1c1ccccc1. The van der Waals surface area contributed by atoms with E-state index in [1.807, 2.05) is 0 Å². The van der Waals surface area contributed by atoms with Gasteiger partial charge >= 0.3 is 0 Å². The molecule has 2 N–H and O–H groups in total. The largest absolute Gasteiger partial charge is 0.326 e. The summed E-state index contributed by atoms with van der Waals surface area (Å²) in [6, 6.07) is 11.3. The smallest absolute Gasteiger partial charge is 0.0496 e. The van der Waals surface area contributed by atoms with E-state index in [2.05, 4.69) is 42.3 Å². The summed E-state index contributed by atoms with van der Waals surface area (Å²) < 4.78 is 0. The Morgan fingerprint density at radius 1 is 1.20 bits per heavy atom. The van der Waals surface area contributed by atoms with Crippen LogP contribution in [0.25, 0.3) is 0 Å². The standard InChI is InChI=1S/C13H20N2/c1-15-10-6-5-9-12(14)13(15)11-7-3-2-4-8-11/h2-4,7-8,12-13H,5-6,9-10,14H2,1H3. The summed E-state index contributed by atoms with van der Waals surface area (Å²) in [4.78, 5) is 2.40. The molecule has 0 radical (unpaired) electrons. The number of hydrogen-bond acceptors (Lipinski definition) is 2. The van der Waals surface area contributed by atoms with Gasteiger partial charge in [-0.3, -0.25) is 4.90 Å². The van der Waals surface area contributed by atoms with Crippen molar-refractivity contribution in [2.45, 2.75) is 31.3 Å². The molecular formula is C13H20N2. The van der Waals surface area contributed by atoms with Gasteiger partial charge in [-0.2, -0.15) is 0 Å². The maximum absolute atomic E-state index is 6.26. The van der Waals surface area contributed by atoms with Crippen LogP contribution in [-0.2, 0) is 0 Å². The van der Waals surface area contributed by atoms with Crippen molar-refractivity contribution >= 4 is 0 Å².